The zero-order chi connectivity index (χ0) is 20.5. The number of nitrogens with zero attached hydrogens (tertiary/aromatic N) is 2. The van der Waals surface area contributed by atoms with Gasteiger partial charge in [0.25, 0.3) is 5.19 Å². The largest absolute Gasteiger partial charge is 0.446 e. The van der Waals surface area contributed by atoms with Crippen LogP contribution in [0.25, 0.3) is 21.1 Å². The average Bonchev–Trinajstić information content (AvgIpc) is 3.32. The molecule has 4 aromatic rings. The van der Waals surface area contributed by atoms with Crippen LogP contribution in [0.15, 0.2) is 48.7 Å². The van der Waals surface area contributed by atoms with Crippen molar-refractivity contribution < 1.29 is 14.3 Å². The molecule has 1 fully saturated rings. The number of amides is 1. The van der Waals surface area contributed by atoms with Gasteiger partial charge in [0, 0.05) is 42.8 Å². The summed E-state index contributed by atoms with van der Waals surface area (Å²) in [5.41, 5.74) is 8.35. The van der Waals surface area contributed by atoms with E-state index in [1.165, 1.54) is 10.9 Å². The molecule has 2 aromatic carbocycles. The summed E-state index contributed by atoms with van der Waals surface area (Å²) in [5.74, 6) is 0.763. The van der Waals surface area contributed by atoms with E-state index in [-0.39, 0.29) is 6.10 Å². The topological polar surface area (TPSA) is 93.5 Å². The molecule has 8 heteroatoms. The van der Waals surface area contributed by atoms with Gasteiger partial charge in [-0.1, -0.05) is 23.5 Å². The Balaban J connectivity index is 1.26. The number of hydrogen-bond donors (Lipinski definition) is 2. The quantitative estimate of drug-likeness (QED) is 0.489. The monoisotopic (exact) mass is 422 g/mol. The molecule has 30 heavy (non-hydrogen) atoms. The number of para-hydroxylation sites is 1. The van der Waals surface area contributed by atoms with Crippen molar-refractivity contribution in [3.8, 4) is 10.9 Å². The average molecular weight is 423 g/mol. The van der Waals surface area contributed by atoms with Crippen LogP contribution in [0.5, 0.6) is 10.9 Å². The zero-order valence-corrected chi connectivity index (χ0v) is 17.2. The van der Waals surface area contributed by atoms with E-state index < -0.39 is 6.09 Å². The normalized spacial score (nSPS) is 15.6. The van der Waals surface area contributed by atoms with Crippen LogP contribution >= 0.6 is 11.3 Å². The lowest BCUT2D eigenvalue weighted by Crippen LogP contribution is -2.38. The molecule has 7 nitrogen and oxygen atoms in total. The van der Waals surface area contributed by atoms with E-state index in [4.69, 9.17) is 15.2 Å². The van der Waals surface area contributed by atoms with Crippen LogP contribution in [-0.4, -0.2) is 40.2 Å². The summed E-state index contributed by atoms with van der Waals surface area (Å²) in [5, 5.41) is 1.82. The highest BCUT2D eigenvalue weighted by molar-refractivity contribution is 7.20. The van der Waals surface area contributed by atoms with Crippen LogP contribution in [0.2, 0.25) is 0 Å². The van der Waals surface area contributed by atoms with E-state index in [9.17, 15) is 4.79 Å². The van der Waals surface area contributed by atoms with E-state index in [1.807, 2.05) is 36.4 Å². The molecule has 1 aliphatic rings. The van der Waals surface area contributed by atoms with Crippen molar-refractivity contribution in [2.24, 2.45) is 5.73 Å². The number of likely N-dealkylation sites (tertiary alicyclic amines) is 1. The molecule has 0 unspecified atom stereocenters. The number of nitrogens with one attached hydrogen (secondary N) is 1. The smallest absolute Gasteiger partial charge is 0.404 e. The molecule has 1 amide bonds. The van der Waals surface area contributed by atoms with E-state index >= 15 is 0 Å². The van der Waals surface area contributed by atoms with Crippen molar-refractivity contribution in [2.45, 2.75) is 25.5 Å². The van der Waals surface area contributed by atoms with Crippen molar-refractivity contribution >= 4 is 38.5 Å². The third-order valence-electron chi connectivity index (χ3n) is 5.43. The summed E-state index contributed by atoms with van der Waals surface area (Å²) in [7, 11) is 0. The van der Waals surface area contributed by atoms with E-state index in [1.54, 1.807) is 11.3 Å². The predicted molar refractivity (Wildman–Crippen MR) is 117 cm³/mol. The molecule has 0 atom stereocenters. The van der Waals surface area contributed by atoms with Gasteiger partial charge in [-0.2, -0.15) is 0 Å². The number of carbonyl (C=O) groups excluding carboxylic acids is 1. The van der Waals surface area contributed by atoms with Gasteiger partial charge >= 0.3 is 6.09 Å². The number of fused-ring (bicyclic) bond motifs is 2. The van der Waals surface area contributed by atoms with Gasteiger partial charge in [-0.25, -0.2) is 9.78 Å². The molecule has 1 aliphatic heterocycles. The third-order valence-corrected chi connectivity index (χ3v) is 6.34. The fraction of sp³-hybridized carbons (Fsp3) is 0.273. The lowest BCUT2D eigenvalue weighted by molar-refractivity contribution is 0.0542. The molecule has 5 rings (SSSR count). The second-order valence-corrected chi connectivity index (χ2v) is 8.48. The maximum atomic E-state index is 10.9. The summed E-state index contributed by atoms with van der Waals surface area (Å²) in [6, 6.07) is 14.1. The standard InChI is InChI=1S/C22H22N4O3S/c23-21(27)28-15-7-9-26(10-8-15)13-14-12-24-19-11-16(5-6-17(14)19)29-22-25-18-3-1-2-4-20(18)30-22/h1-6,11-12,15,24H,7-10,13H2,(H2,23,27). The first-order valence-electron chi connectivity index (χ1n) is 9.96. The third kappa shape index (κ3) is 3.96. The van der Waals surface area contributed by atoms with Crippen molar-refractivity contribution in [3.05, 3.63) is 54.2 Å². The molecule has 0 spiro atoms. The molecule has 0 radical (unpaired) electrons. The van der Waals surface area contributed by atoms with Gasteiger partial charge in [-0.15, -0.1) is 0 Å². The number of ether oxygens (including phenoxy) is 2. The molecule has 0 aliphatic carbocycles. The van der Waals surface area contributed by atoms with E-state index in [0.29, 0.717) is 5.19 Å². The number of thiazole rings is 1. The highest BCUT2D eigenvalue weighted by Gasteiger charge is 2.22. The highest BCUT2D eigenvalue weighted by atomic mass is 32.1. The summed E-state index contributed by atoms with van der Waals surface area (Å²) in [6.45, 7) is 2.61. The van der Waals surface area contributed by atoms with Gasteiger partial charge < -0.3 is 20.2 Å². The molecule has 3 N–H and O–H groups in total. The van der Waals surface area contributed by atoms with Crippen LogP contribution in [-0.2, 0) is 11.3 Å². The Bertz CT molecular complexity index is 1160. The molecule has 2 aromatic heterocycles. The van der Waals surface area contributed by atoms with Gasteiger partial charge in [0.1, 0.15) is 11.9 Å². The van der Waals surface area contributed by atoms with E-state index in [0.717, 1.165) is 54.0 Å². The second kappa shape index (κ2) is 7.97. The molecule has 3 heterocycles. The van der Waals surface area contributed by atoms with Crippen molar-refractivity contribution in [3.63, 3.8) is 0 Å². The lowest BCUT2D eigenvalue weighted by atomic mass is 10.1. The number of aromatic amines is 1. The Hall–Kier alpha value is -3.10. The number of benzene rings is 2. The van der Waals surface area contributed by atoms with Crippen molar-refractivity contribution in [2.75, 3.05) is 13.1 Å². The molecular weight excluding hydrogens is 400 g/mol. The number of nitrogens with two attached hydrogens (primary N) is 1. The number of primary amides is 1. The number of hydrogen-bond acceptors (Lipinski definition) is 6. The van der Waals surface area contributed by atoms with Gasteiger partial charge in [-0.3, -0.25) is 4.90 Å². The van der Waals surface area contributed by atoms with Crippen molar-refractivity contribution in [1.29, 1.82) is 0 Å². The van der Waals surface area contributed by atoms with Crippen LogP contribution < -0.4 is 10.5 Å². The first-order valence-corrected chi connectivity index (χ1v) is 10.8. The van der Waals surface area contributed by atoms with E-state index in [2.05, 4.69) is 27.1 Å². The highest BCUT2D eigenvalue weighted by Crippen LogP contribution is 2.33. The Kier molecular flexibility index (Phi) is 5.02. The molecule has 0 saturated carbocycles. The van der Waals surface area contributed by atoms with Crippen molar-refractivity contribution in [1.82, 2.24) is 14.9 Å². The maximum absolute atomic E-state index is 10.9. The van der Waals surface area contributed by atoms with Gasteiger partial charge in [0.2, 0.25) is 0 Å². The second-order valence-electron chi connectivity index (χ2n) is 7.48. The summed E-state index contributed by atoms with van der Waals surface area (Å²) in [4.78, 5) is 21.2. The lowest BCUT2D eigenvalue weighted by Gasteiger charge is -2.31. The Labute approximate surface area is 177 Å². The number of piperidine rings is 1. The molecule has 0 bridgehead atoms. The SMILES string of the molecule is NC(=O)OC1CCN(Cc2c[nH]c3cc(Oc4nc5ccccc5s4)ccc23)CC1. The fourth-order valence-electron chi connectivity index (χ4n) is 3.95. The van der Waals surface area contributed by atoms with Gasteiger partial charge in [-0.05, 0) is 42.7 Å². The van der Waals surface area contributed by atoms with Gasteiger partial charge in [0.05, 0.1) is 10.2 Å². The maximum Gasteiger partial charge on any atom is 0.404 e. The summed E-state index contributed by atoms with van der Waals surface area (Å²) in [6.07, 6.45) is 2.92. The Morgan fingerprint density at radius 2 is 2.07 bits per heavy atom. The fourth-order valence-corrected chi connectivity index (χ4v) is 4.78. The molecule has 1 saturated heterocycles. The minimum Gasteiger partial charge on any atom is -0.446 e. The number of H-pyrrole nitrogens is 1. The first kappa shape index (κ1) is 18.9. The summed E-state index contributed by atoms with van der Waals surface area (Å²) >= 11 is 1.54. The number of aromatic nitrogens is 2. The minimum absolute atomic E-state index is 0.0658. The molecular formula is C22H22N4O3S. The van der Waals surface area contributed by atoms with Gasteiger partial charge in [0.15, 0.2) is 0 Å². The number of rotatable bonds is 5. The van der Waals surface area contributed by atoms with Crippen LogP contribution in [0, 0.1) is 0 Å². The summed E-state index contributed by atoms with van der Waals surface area (Å²) < 4.78 is 12.2. The number of carbonyl (C=O) groups is 1. The predicted octanol–water partition coefficient (Wildman–Crippen LogP) is 4.63. The Morgan fingerprint density at radius 1 is 1.23 bits per heavy atom. The zero-order valence-electron chi connectivity index (χ0n) is 16.3. The molecule has 154 valence electrons. The Morgan fingerprint density at radius 3 is 2.87 bits per heavy atom. The van der Waals surface area contributed by atoms with Crippen LogP contribution in [0.3, 0.4) is 0 Å². The minimum atomic E-state index is -0.686. The first-order chi connectivity index (χ1) is 14.6. The van der Waals surface area contributed by atoms with Crippen LogP contribution in [0.1, 0.15) is 18.4 Å². The van der Waals surface area contributed by atoms with Crippen LogP contribution in [0.4, 0.5) is 4.79 Å².